The molecule has 1 aromatic rings. The minimum absolute atomic E-state index is 0.354. The summed E-state index contributed by atoms with van der Waals surface area (Å²) in [6.07, 6.45) is 2.11. The van der Waals surface area contributed by atoms with Crippen LogP contribution in [0.15, 0.2) is 4.42 Å². The van der Waals surface area contributed by atoms with Crippen molar-refractivity contribution in [3.05, 3.63) is 5.89 Å². The summed E-state index contributed by atoms with van der Waals surface area (Å²) in [6.45, 7) is 5.27. The molecule has 0 amide bonds. The summed E-state index contributed by atoms with van der Waals surface area (Å²) in [7, 11) is 1.97. The highest BCUT2D eigenvalue weighted by molar-refractivity contribution is 5.25. The van der Waals surface area contributed by atoms with Gasteiger partial charge in [-0.25, -0.2) is 0 Å². The molecule has 0 aliphatic carbocycles. The smallest absolute Gasteiger partial charge is 0.318 e. The van der Waals surface area contributed by atoms with Gasteiger partial charge in [-0.3, -0.25) is 0 Å². The number of nitrogens with one attached hydrogen (secondary N) is 1. The quantitative estimate of drug-likeness (QED) is 0.742. The molecule has 2 rings (SSSR count). The van der Waals surface area contributed by atoms with Gasteiger partial charge < -0.3 is 19.4 Å². The van der Waals surface area contributed by atoms with E-state index in [-0.39, 0.29) is 0 Å². The van der Waals surface area contributed by atoms with E-state index in [4.69, 9.17) is 9.15 Å². The van der Waals surface area contributed by atoms with Crippen LogP contribution in [0.3, 0.4) is 0 Å². The zero-order chi connectivity index (χ0) is 12.1. The largest absolute Gasteiger partial charge is 0.407 e. The molecule has 0 radical (unpaired) electrons. The Labute approximate surface area is 101 Å². The van der Waals surface area contributed by atoms with Crippen LogP contribution in [0.5, 0.6) is 0 Å². The van der Waals surface area contributed by atoms with Crippen LogP contribution in [0.4, 0.5) is 6.01 Å². The number of ether oxygens (including phenoxy) is 1. The average molecular weight is 240 g/mol. The Bertz CT molecular complexity index is 336. The number of anilines is 1. The van der Waals surface area contributed by atoms with E-state index in [1.165, 1.54) is 0 Å². The Balaban J connectivity index is 1.88. The fourth-order valence-corrected chi connectivity index (χ4v) is 1.81. The standard InChI is InChI=1S/C11H20N4O2/c1-3-5-12-7-10-13-14-11(17-10)15(2)9-4-6-16-8-9/h9,12H,3-8H2,1-2H3. The van der Waals surface area contributed by atoms with Gasteiger partial charge in [0, 0.05) is 13.7 Å². The molecule has 1 saturated heterocycles. The van der Waals surface area contributed by atoms with Crippen LogP contribution < -0.4 is 10.2 Å². The lowest BCUT2D eigenvalue weighted by atomic mass is 10.2. The van der Waals surface area contributed by atoms with Crippen molar-refractivity contribution in [1.82, 2.24) is 15.5 Å². The number of hydrogen-bond donors (Lipinski definition) is 1. The average Bonchev–Trinajstić information content (AvgIpc) is 3.00. The SMILES string of the molecule is CCCNCc1nnc(N(C)C2CCOC2)o1. The predicted octanol–water partition coefficient (Wildman–Crippen LogP) is 0.794. The van der Waals surface area contributed by atoms with Crippen LogP contribution in [0.1, 0.15) is 25.7 Å². The third-order valence-electron chi connectivity index (χ3n) is 2.91. The lowest BCUT2D eigenvalue weighted by Crippen LogP contribution is -2.31. The summed E-state index contributed by atoms with van der Waals surface area (Å²) >= 11 is 0. The molecule has 1 aromatic heterocycles. The maximum Gasteiger partial charge on any atom is 0.318 e. The van der Waals surface area contributed by atoms with Crippen molar-refractivity contribution < 1.29 is 9.15 Å². The highest BCUT2D eigenvalue weighted by Gasteiger charge is 2.24. The van der Waals surface area contributed by atoms with E-state index in [1.807, 2.05) is 11.9 Å². The molecular formula is C11H20N4O2. The van der Waals surface area contributed by atoms with Crippen molar-refractivity contribution >= 4 is 6.01 Å². The molecule has 1 aliphatic rings. The molecule has 2 heterocycles. The molecule has 6 nitrogen and oxygen atoms in total. The second-order valence-electron chi connectivity index (χ2n) is 4.28. The molecule has 0 aromatic carbocycles. The summed E-state index contributed by atoms with van der Waals surface area (Å²) in [6, 6.07) is 0.931. The second kappa shape index (κ2) is 5.97. The fraction of sp³-hybridized carbons (Fsp3) is 0.818. The Morgan fingerprint density at radius 1 is 1.47 bits per heavy atom. The maximum absolute atomic E-state index is 5.59. The highest BCUT2D eigenvalue weighted by atomic mass is 16.5. The van der Waals surface area contributed by atoms with E-state index in [1.54, 1.807) is 0 Å². The Morgan fingerprint density at radius 3 is 3.06 bits per heavy atom. The lowest BCUT2D eigenvalue weighted by molar-refractivity contribution is 0.193. The molecule has 1 N–H and O–H groups in total. The number of hydrogen-bond acceptors (Lipinski definition) is 6. The maximum atomic E-state index is 5.59. The summed E-state index contributed by atoms with van der Waals surface area (Å²) in [5.74, 6) is 0.638. The van der Waals surface area contributed by atoms with Crippen LogP contribution in [0, 0.1) is 0 Å². The van der Waals surface area contributed by atoms with Crippen molar-refractivity contribution in [2.24, 2.45) is 0 Å². The zero-order valence-electron chi connectivity index (χ0n) is 10.5. The van der Waals surface area contributed by atoms with Gasteiger partial charge in [0.1, 0.15) is 0 Å². The third kappa shape index (κ3) is 3.17. The zero-order valence-corrected chi connectivity index (χ0v) is 10.5. The van der Waals surface area contributed by atoms with Gasteiger partial charge in [-0.15, -0.1) is 5.10 Å². The van der Waals surface area contributed by atoms with E-state index in [0.717, 1.165) is 32.6 Å². The molecule has 0 spiro atoms. The van der Waals surface area contributed by atoms with Gasteiger partial charge in [0.05, 0.1) is 19.2 Å². The fourth-order valence-electron chi connectivity index (χ4n) is 1.81. The molecule has 17 heavy (non-hydrogen) atoms. The molecule has 6 heteroatoms. The molecule has 1 aliphatic heterocycles. The Morgan fingerprint density at radius 2 is 2.35 bits per heavy atom. The van der Waals surface area contributed by atoms with Crippen LogP contribution in [0.2, 0.25) is 0 Å². The van der Waals surface area contributed by atoms with Crippen molar-refractivity contribution in [2.45, 2.75) is 32.4 Å². The Kier molecular flexibility index (Phi) is 4.33. The number of nitrogens with zero attached hydrogens (tertiary/aromatic N) is 3. The van der Waals surface area contributed by atoms with Crippen molar-refractivity contribution in [1.29, 1.82) is 0 Å². The van der Waals surface area contributed by atoms with E-state index >= 15 is 0 Å². The first-order chi connectivity index (χ1) is 8.31. The molecule has 0 bridgehead atoms. The minimum Gasteiger partial charge on any atom is -0.407 e. The molecule has 0 saturated carbocycles. The third-order valence-corrected chi connectivity index (χ3v) is 2.91. The predicted molar refractivity (Wildman–Crippen MR) is 63.9 cm³/mol. The lowest BCUT2D eigenvalue weighted by Gasteiger charge is -2.19. The van der Waals surface area contributed by atoms with Crippen LogP contribution in [-0.4, -0.2) is 43.0 Å². The molecule has 1 unspecified atom stereocenters. The molecule has 1 fully saturated rings. The van der Waals surface area contributed by atoms with Crippen molar-refractivity contribution in [3.8, 4) is 0 Å². The van der Waals surface area contributed by atoms with Gasteiger partial charge in [0.25, 0.3) is 0 Å². The minimum atomic E-state index is 0.354. The van der Waals surface area contributed by atoms with Gasteiger partial charge in [-0.2, -0.15) is 0 Å². The summed E-state index contributed by atoms with van der Waals surface area (Å²) < 4.78 is 10.9. The highest BCUT2D eigenvalue weighted by Crippen LogP contribution is 2.18. The van der Waals surface area contributed by atoms with E-state index in [2.05, 4.69) is 22.4 Å². The van der Waals surface area contributed by atoms with Crippen LogP contribution in [-0.2, 0) is 11.3 Å². The van der Waals surface area contributed by atoms with Gasteiger partial charge in [0.2, 0.25) is 5.89 Å². The Hall–Kier alpha value is -1.14. The monoisotopic (exact) mass is 240 g/mol. The summed E-state index contributed by atoms with van der Waals surface area (Å²) in [4.78, 5) is 2.00. The molecule has 1 atom stereocenters. The normalized spacial score (nSPS) is 19.8. The first-order valence-corrected chi connectivity index (χ1v) is 6.15. The van der Waals surface area contributed by atoms with Gasteiger partial charge in [0.15, 0.2) is 0 Å². The number of aromatic nitrogens is 2. The first kappa shape index (κ1) is 12.3. The van der Waals surface area contributed by atoms with Gasteiger partial charge >= 0.3 is 6.01 Å². The van der Waals surface area contributed by atoms with E-state index < -0.39 is 0 Å². The van der Waals surface area contributed by atoms with Crippen molar-refractivity contribution in [3.63, 3.8) is 0 Å². The molecule has 96 valence electrons. The summed E-state index contributed by atoms with van der Waals surface area (Å²) in [5.41, 5.74) is 0. The number of rotatable bonds is 6. The van der Waals surface area contributed by atoms with Crippen LogP contribution >= 0.6 is 0 Å². The van der Waals surface area contributed by atoms with E-state index in [0.29, 0.717) is 24.5 Å². The van der Waals surface area contributed by atoms with Gasteiger partial charge in [-0.1, -0.05) is 12.0 Å². The molecular weight excluding hydrogens is 220 g/mol. The van der Waals surface area contributed by atoms with Gasteiger partial charge in [-0.05, 0) is 19.4 Å². The number of likely N-dealkylation sites (N-methyl/N-ethyl adjacent to an activating group) is 1. The van der Waals surface area contributed by atoms with E-state index in [9.17, 15) is 0 Å². The summed E-state index contributed by atoms with van der Waals surface area (Å²) in [5, 5.41) is 11.3. The second-order valence-corrected chi connectivity index (χ2v) is 4.28. The van der Waals surface area contributed by atoms with Crippen LogP contribution in [0.25, 0.3) is 0 Å². The first-order valence-electron chi connectivity index (χ1n) is 6.15. The van der Waals surface area contributed by atoms with Crippen molar-refractivity contribution in [2.75, 3.05) is 31.7 Å². The topological polar surface area (TPSA) is 63.4 Å².